The summed E-state index contributed by atoms with van der Waals surface area (Å²) < 4.78 is 0. The number of benzene rings is 3. The molecule has 2 heteroatoms. The van der Waals surface area contributed by atoms with Crippen molar-refractivity contribution in [3.8, 4) is 0 Å². The van der Waals surface area contributed by atoms with Gasteiger partial charge < -0.3 is 5.21 Å². The highest BCUT2D eigenvalue weighted by Crippen LogP contribution is 2.30. The highest BCUT2D eigenvalue weighted by Gasteiger charge is 2.22. The summed E-state index contributed by atoms with van der Waals surface area (Å²) in [6, 6.07) is 22.7. The maximum atomic E-state index is 9.42. The molecular formula is C20H15NO. The third kappa shape index (κ3) is 2.01. The van der Waals surface area contributed by atoms with Crippen LogP contribution in [0.1, 0.15) is 16.7 Å². The molecule has 1 N–H and O–H groups in total. The summed E-state index contributed by atoms with van der Waals surface area (Å²) in [7, 11) is 0. The van der Waals surface area contributed by atoms with Crippen LogP contribution in [0.15, 0.2) is 77.5 Å². The Morgan fingerprint density at radius 1 is 0.864 bits per heavy atom. The molecule has 2 nitrogen and oxygen atoms in total. The zero-order chi connectivity index (χ0) is 14.9. The van der Waals surface area contributed by atoms with E-state index in [2.05, 4.69) is 53.7 Å². The Morgan fingerprint density at radius 3 is 2.55 bits per heavy atom. The van der Waals surface area contributed by atoms with Gasteiger partial charge >= 0.3 is 0 Å². The van der Waals surface area contributed by atoms with Crippen molar-refractivity contribution < 1.29 is 5.21 Å². The predicted molar refractivity (Wildman–Crippen MR) is 90.4 cm³/mol. The van der Waals surface area contributed by atoms with Crippen LogP contribution in [0.3, 0.4) is 0 Å². The summed E-state index contributed by atoms with van der Waals surface area (Å²) in [5.41, 5.74) is 5.13. The molecule has 0 heterocycles. The molecule has 0 atom stereocenters. The summed E-state index contributed by atoms with van der Waals surface area (Å²) in [6.07, 6.45) is 2.94. The van der Waals surface area contributed by atoms with E-state index >= 15 is 0 Å². The lowest BCUT2D eigenvalue weighted by atomic mass is 10.0. The maximum absolute atomic E-state index is 9.42. The van der Waals surface area contributed by atoms with Gasteiger partial charge in [0.05, 0.1) is 0 Å². The zero-order valence-electron chi connectivity index (χ0n) is 12.0. The lowest BCUT2D eigenvalue weighted by molar-refractivity contribution is 0.319. The zero-order valence-corrected chi connectivity index (χ0v) is 12.0. The van der Waals surface area contributed by atoms with E-state index in [9.17, 15) is 5.21 Å². The Labute approximate surface area is 129 Å². The molecule has 0 aliphatic heterocycles. The standard InChI is InChI=1S/C20H15NO/c22-21-20-17(13-16-7-2-4-11-19(16)20)12-15-9-5-8-14-6-1-3-10-18(14)15/h1-12,22H,13H2. The van der Waals surface area contributed by atoms with E-state index in [1.54, 1.807) is 0 Å². The van der Waals surface area contributed by atoms with Crippen molar-refractivity contribution >= 4 is 22.6 Å². The van der Waals surface area contributed by atoms with Gasteiger partial charge in [0.1, 0.15) is 5.71 Å². The van der Waals surface area contributed by atoms with E-state index in [4.69, 9.17) is 0 Å². The molecule has 0 bridgehead atoms. The molecule has 3 aromatic carbocycles. The smallest absolute Gasteiger partial charge is 0.113 e. The SMILES string of the molecule is ON=C1C(=Cc2cccc3ccccc23)Cc2ccccc21. The van der Waals surface area contributed by atoms with Crippen LogP contribution in [0.25, 0.3) is 16.8 Å². The van der Waals surface area contributed by atoms with E-state index in [0.29, 0.717) is 5.71 Å². The van der Waals surface area contributed by atoms with Crippen molar-refractivity contribution in [3.63, 3.8) is 0 Å². The van der Waals surface area contributed by atoms with Gasteiger partial charge in [-0.25, -0.2) is 0 Å². The minimum atomic E-state index is 0.684. The first-order valence-electron chi connectivity index (χ1n) is 7.36. The first-order valence-corrected chi connectivity index (χ1v) is 7.36. The topological polar surface area (TPSA) is 32.6 Å². The summed E-state index contributed by atoms with van der Waals surface area (Å²) >= 11 is 0. The van der Waals surface area contributed by atoms with Gasteiger partial charge in [0.15, 0.2) is 0 Å². The third-order valence-electron chi connectivity index (χ3n) is 4.21. The van der Waals surface area contributed by atoms with Crippen LogP contribution in [0, 0.1) is 0 Å². The Balaban J connectivity index is 1.87. The molecule has 3 aromatic rings. The fourth-order valence-corrected chi connectivity index (χ4v) is 3.17. The maximum Gasteiger partial charge on any atom is 0.113 e. The molecule has 22 heavy (non-hydrogen) atoms. The normalized spacial score (nSPS) is 17.3. The van der Waals surface area contributed by atoms with Gasteiger partial charge in [-0.3, -0.25) is 0 Å². The largest absolute Gasteiger partial charge is 0.410 e. The summed E-state index contributed by atoms with van der Waals surface area (Å²) in [5.74, 6) is 0. The van der Waals surface area contributed by atoms with Crippen molar-refractivity contribution in [1.29, 1.82) is 0 Å². The molecule has 1 aliphatic rings. The van der Waals surface area contributed by atoms with Crippen LogP contribution in [0.5, 0.6) is 0 Å². The number of fused-ring (bicyclic) bond motifs is 2. The fourth-order valence-electron chi connectivity index (χ4n) is 3.17. The van der Waals surface area contributed by atoms with Crippen molar-refractivity contribution in [1.82, 2.24) is 0 Å². The van der Waals surface area contributed by atoms with Crippen LogP contribution in [0.2, 0.25) is 0 Å². The van der Waals surface area contributed by atoms with Crippen molar-refractivity contribution in [2.24, 2.45) is 5.16 Å². The average molecular weight is 285 g/mol. The molecule has 0 radical (unpaired) electrons. The first-order chi connectivity index (χ1) is 10.9. The van der Waals surface area contributed by atoms with Gasteiger partial charge in [-0.2, -0.15) is 0 Å². The van der Waals surface area contributed by atoms with Crippen LogP contribution in [0.4, 0.5) is 0 Å². The summed E-state index contributed by atoms with van der Waals surface area (Å²) in [4.78, 5) is 0. The number of rotatable bonds is 1. The molecule has 0 spiro atoms. The van der Waals surface area contributed by atoms with Crippen LogP contribution in [-0.2, 0) is 6.42 Å². The Hall–Kier alpha value is -2.87. The van der Waals surface area contributed by atoms with Crippen molar-refractivity contribution in [2.75, 3.05) is 0 Å². The Bertz CT molecular complexity index is 916. The highest BCUT2D eigenvalue weighted by atomic mass is 16.4. The van der Waals surface area contributed by atoms with Crippen molar-refractivity contribution in [3.05, 3.63) is 89.0 Å². The van der Waals surface area contributed by atoms with Crippen LogP contribution < -0.4 is 0 Å². The molecular weight excluding hydrogens is 270 g/mol. The molecule has 4 rings (SSSR count). The molecule has 0 saturated carbocycles. The molecule has 0 aromatic heterocycles. The number of nitrogens with zero attached hydrogens (tertiary/aromatic N) is 1. The second-order valence-electron chi connectivity index (χ2n) is 5.52. The molecule has 0 saturated heterocycles. The second-order valence-corrected chi connectivity index (χ2v) is 5.52. The number of allylic oxidation sites excluding steroid dienone is 1. The van der Waals surface area contributed by atoms with Gasteiger partial charge in [0, 0.05) is 12.0 Å². The molecule has 106 valence electrons. The van der Waals surface area contributed by atoms with E-state index in [0.717, 1.165) is 23.1 Å². The van der Waals surface area contributed by atoms with Gasteiger partial charge in [0.2, 0.25) is 0 Å². The number of oxime groups is 1. The molecule has 1 aliphatic carbocycles. The van der Waals surface area contributed by atoms with E-state index < -0.39 is 0 Å². The molecule has 0 fully saturated rings. The van der Waals surface area contributed by atoms with Crippen molar-refractivity contribution in [2.45, 2.75) is 6.42 Å². The highest BCUT2D eigenvalue weighted by molar-refractivity contribution is 6.19. The lowest BCUT2D eigenvalue weighted by Crippen LogP contribution is -1.98. The Morgan fingerprint density at radius 2 is 1.64 bits per heavy atom. The number of hydrogen-bond donors (Lipinski definition) is 1. The van der Waals surface area contributed by atoms with E-state index in [1.165, 1.54) is 16.3 Å². The van der Waals surface area contributed by atoms with Gasteiger partial charge in [-0.15, -0.1) is 0 Å². The monoisotopic (exact) mass is 285 g/mol. The predicted octanol–water partition coefficient (Wildman–Crippen LogP) is 4.66. The number of hydrogen-bond acceptors (Lipinski definition) is 2. The average Bonchev–Trinajstić information content (AvgIpc) is 2.92. The van der Waals surface area contributed by atoms with Crippen LogP contribution in [-0.4, -0.2) is 10.9 Å². The molecule has 0 unspecified atom stereocenters. The second kappa shape index (κ2) is 5.15. The first kappa shape index (κ1) is 12.8. The van der Waals surface area contributed by atoms with Gasteiger partial charge in [-0.1, -0.05) is 71.9 Å². The van der Waals surface area contributed by atoms with Gasteiger partial charge in [0.25, 0.3) is 0 Å². The minimum absolute atomic E-state index is 0.684. The summed E-state index contributed by atoms with van der Waals surface area (Å²) in [6.45, 7) is 0. The lowest BCUT2D eigenvalue weighted by Gasteiger charge is -2.04. The van der Waals surface area contributed by atoms with E-state index in [1.807, 2.05) is 24.3 Å². The molecule has 0 amide bonds. The quantitative estimate of drug-likeness (QED) is 0.512. The van der Waals surface area contributed by atoms with E-state index in [-0.39, 0.29) is 0 Å². The fraction of sp³-hybridized carbons (Fsp3) is 0.0500. The summed E-state index contributed by atoms with van der Waals surface area (Å²) in [5, 5.41) is 15.4. The van der Waals surface area contributed by atoms with Gasteiger partial charge in [-0.05, 0) is 33.5 Å². The van der Waals surface area contributed by atoms with Crippen LogP contribution >= 0.6 is 0 Å². The Kier molecular flexibility index (Phi) is 3.01. The third-order valence-corrected chi connectivity index (χ3v) is 4.21. The minimum Gasteiger partial charge on any atom is -0.410 e.